The van der Waals surface area contributed by atoms with Gasteiger partial charge in [-0.25, -0.2) is 0 Å². The molecular weight excluding hydrogens is 170 g/mol. The van der Waals surface area contributed by atoms with E-state index in [2.05, 4.69) is 4.79 Å². The van der Waals surface area contributed by atoms with Crippen molar-refractivity contribution in [3.63, 3.8) is 0 Å². The number of nitrogens with zero attached hydrogens (tertiary/aromatic N) is 3. The summed E-state index contributed by atoms with van der Waals surface area (Å²) < 4.78 is 0. The van der Waals surface area contributed by atoms with E-state index in [0.717, 1.165) is 0 Å². The standard InChI is InChI=1S/C8H7N3O2/c1-6(10-9)7-4-2-3-5-8(7)11(12)13/h2-5H,1H3. The molecule has 0 spiro atoms. The highest BCUT2D eigenvalue weighted by Crippen LogP contribution is 2.17. The van der Waals surface area contributed by atoms with Crippen LogP contribution in [0, 0.1) is 10.1 Å². The number of hydrogen-bond acceptors (Lipinski definition) is 2. The van der Waals surface area contributed by atoms with Gasteiger partial charge in [0.25, 0.3) is 5.69 Å². The van der Waals surface area contributed by atoms with Crippen molar-refractivity contribution in [1.29, 1.82) is 0 Å². The van der Waals surface area contributed by atoms with Crippen LogP contribution < -0.4 is 0 Å². The summed E-state index contributed by atoms with van der Waals surface area (Å²) in [6.07, 6.45) is 0. The second-order valence-electron chi connectivity index (χ2n) is 2.46. The maximum absolute atomic E-state index is 10.5. The molecular formula is C8H7N3O2. The molecule has 1 rings (SSSR count). The van der Waals surface area contributed by atoms with Gasteiger partial charge in [0.15, 0.2) is 0 Å². The van der Waals surface area contributed by atoms with Crippen LogP contribution in [0.1, 0.15) is 12.5 Å². The van der Waals surface area contributed by atoms with E-state index < -0.39 is 4.92 Å². The first-order valence-corrected chi connectivity index (χ1v) is 3.59. The van der Waals surface area contributed by atoms with Crippen molar-refractivity contribution in [3.8, 4) is 0 Å². The van der Waals surface area contributed by atoms with Crippen LogP contribution in [0.4, 0.5) is 5.69 Å². The van der Waals surface area contributed by atoms with E-state index in [1.54, 1.807) is 12.1 Å². The third-order valence-electron chi connectivity index (χ3n) is 1.64. The van der Waals surface area contributed by atoms with Gasteiger partial charge >= 0.3 is 5.71 Å². The molecule has 1 aromatic rings. The Labute approximate surface area is 74.4 Å². The highest BCUT2D eigenvalue weighted by Gasteiger charge is 2.18. The smallest absolute Gasteiger partial charge is 0.303 e. The largest absolute Gasteiger partial charge is 0.361 e. The van der Waals surface area contributed by atoms with Crippen molar-refractivity contribution >= 4 is 11.4 Å². The van der Waals surface area contributed by atoms with Crippen LogP contribution in [0.25, 0.3) is 5.53 Å². The van der Waals surface area contributed by atoms with Crippen molar-refractivity contribution in [2.45, 2.75) is 6.92 Å². The fourth-order valence-electron chi connectivity index (χ4n) is 0.993. The van der Waals surface area contributed by atoms with Crippen LogP contribution in [0.2, 0.25) is 0 Å². The molecule has 0 N–H and O–H groups in total. The summed E-state index contributed by atoms with van der Waals surface area (Å²) in [6.45, 7) is 1.50. The summed E-state index contributed by atoms with van der Waals surface area (Å²) in [5.41, 5.74) is 8.96. The Bertz CT molecular complexity index is 394. The molecule has 66 valence electrons. The molecule has 5 nitrogen and oxygen atoms in total. The second kappa shape index (κ2) is 3.60. The van der Waals surface area contributed by atoms with Gasteiger partial charge in [-0.2, -0.15) is 4.79 Å². The number of nitro groups is 1. The summed E-state index contributed by atoms with van der Waals surface area (Å²) in [5, 5.41) is 10.5. The first-order chi connectivity index (χ1) is 6.16. The third-order valence-corrected chi connectivity index (χ3v) is 1.64. The van der Waals surface area contributed by atoms with E-state index >= 15 is 0 Å². The third kappa shape index (κ3) is 1.77. The minimum atomic E-state index is -0.510. The van der Waals surface area contributed by atoms with Gasteiger partial charge in [-0.1, -0.05) is 12.1 Å². The minimum absolute atomic E-state index is 0.0576. The van der Waals surface area contributed by atoms with Gasteiger partial charge in [0, 0.05) is 13.0 Å². The Balaban J connectivity index is 3.36. The molecule has 0 saturated heterocycles. The van der Waals surface area contributed by atoms with Crippen molar-refractivity contribution < 1.29 is 9.71 Å². The maximum Gasteiger partial charge on any atom is 0.303 e. The summed E-state index contributed by atoms with van der Waals surface area (Å²) >= 11 is 0. The van der Waals surface area contributed by atoms with E-state index in [1.165, 1.54) is 19.1 Å². The molecule has 5 heteroatoms. The zero-order valence-electron chi connectivity index (χ0n) is 6.97. The molecule has 0 aliphatic carbocycles. The average molecular weight is 177 g/mol. The highest BCUT2D eigenvalue weighted by molar-refractivity contribution is 5.98. The van der Waals surface area contributed by atoms with Crippen molar-refractivity contribution in [2.75, 3.05) is 0 Å². The average Bonchev–Trinajstić information content (AvgIpc) is 2.16. The lowest BCUT2D eigenvalue weighted by Gasteiger charge is -1.93. The zero-order valence-corrected chi connectivity index (χ0v) is 6.97. The lowest BCUT2D eigenvalue weighted by molar-refractivity contribution is -0.385. The number of rotatable bonds is 2. The first-order valence-electron chi connectivity index (χ1n) is 3.59. The Morgan fingerprint density at radius 2 is 2.15 bits per heavy atom. The summed E-state index contributed by atoms with van der Waals surface area (Å²) in [5.74, 6) is 0. The molecule has 0 saturated carbocycles. The monoisotopic (exact) mass is 177 g/mol. The molecule has 0 fully saturated rings. The van der Waals surface area contributed by atoms with Gasteiger partial charge in [0.05, 0.1) is 4.92 Å². The van der Waals surface area contributed by atoms with Gasteiger partial charge in [-0.3, -0.25) is 10.1 Å². The molecule has 0 aliphatic heterocycles. The normalized spacial score (nSPS) is 9.00. The number of benzene rings is 1. The molecule has 0 unspecified atom stereocenters. The predicted molar refractivity (Wildman–Crippen MR) is 46.5 cm³/mol. The van der Waals surface area contributed by atoms with Gasteiger partial charge in [0.1, 0.15) is 5.56 Å². The van der Waals surface area contributed by atoms with Crippen LogP contribution in [0.5, 0.6) is 0 Å². The Morgan fingerprint density at radius 3 is 2.69 bits per heavy atom. The molecule has 0 aromatic heterocycles. The molecule has 0 aliphatic rings. The molecule has 0 heterocycles. The fourth-order valence-corrected chi connectivity index (χ4v) is 0.993. The number of para-hydroxylation sites is 1. The number of nitro benzene ring substituents is 1. The highest BCUT2D eigenvalue weighted by atomic mass is 16.6. The lowest BCUT2D eigenvalue weighted by Crippen LogP contribution is -2.01. The van der Waals surface area contributed by atoms with Crippen LogP contribution in [-0.4, -0.2) is 15.4 Å². The fraction of sp³-hybridized carbons (Fsp3) is 0.125. The van der Waals surface area contributed by atoms with Crippen LogP contribution in [0.3, 0.4) is 0 Å². The molecule has 0 amide bonds. The summed E-state index contributed by atoms with van der Waals surface area (Å²) in [4.78, 5) is 12.9. The summed E-state index contributed by atoms with van der Waals surface area (Å²) in [6, 6.07) is 6.11. The Morgan fingerprint density at radius 1 is 1.54 bits per heavy atom. The molecule has 13 heavy (non-hydrogen) atoms. The van der Waals surface area contributed by atoms with Crippen LogP contribution in [0.15, 0.2) is 24.3 Å². The molecule has 0 atom stereocenters. The van der Waals surface area contributed by atoms with Gasteiger partial charge in [-0.15, -0.1) is 0 Å². The molecule has 0 radical (unpaired) electrons. The van der Waals surface area contributed by atoms with Gasteiger partial charge in [-0.05, 0) is 6.07 Å². The van der Waals surface area contributed by atoms with Gasteiger partial charge in [0.2, 0.25) is 0 Å². The Kier molecular flexibility index (Phi) is 2.52. The quantitative estimate of drug-likeness (QED) is 0.226. The lowest BCUT2D eigenvalue weighted by atomic mass is 10.1. The SMILES string of the molecule is CC(=[N+]=[N-])c1ccccc1[N+](=O)[O-]. The van der Waals surface area contributed by atoms with Crippen molar-refractivity contribution in [3.05, 3.63) is 45.5 Å². The Hall–Kier alpha value is -2.00. The van der Waals surface area contributed by atoms with E-state index in [-0.39, 0.29) is 11.4 Å². The topological polar surface area (TPSA) is 79.5 Å². The maximum atomic E-state index is 10.5. The molecule has 1 aromatic carbocycles. The van der Waals surface area contributed by atoms with E-state index in [9.17, 15) is 10.1 Å². The molecule has 0 bridgehead atoms. The van der Waals surface area contributed by atoms with Crippen LogP contribution >= 0.6 is 0 Å². The van der Waals surface area contributed by atoms with Crippen LogP contribution in [-0.2, 0) is 0 Å². The summed E-state index contributed by atoms with van der Waals surface area (Å²) in [7, 11) is 0. The zero-order chi connectivity index (χ0) is 9.84. The first kappa shape index (κ1) is 9.09. The minimum Gasteiger partial charge on any atom is -0.361 e. The van der Waals surface area contributed by atoms with Gasteiger partial charge < -0.3 is 5.53 Å². The van der Waals surface area contributed by atoms with E-state index in [1.807, 2.05) is 0 Å². The number of hydrogen-bond donors (Lipinski definition) is 0. The van der Waals surface area contributed by atoms with Crippen molar-refractivity contribution in [2.24, 2.45) is 0 Å². The van der Waals surface area contributed by atoms with E-state index in [4.69, 9.17) is 5.53 Å². The van der Waals surface area contributed by atoms with E-state index in [0.29, 0.717) is 5.56 Å². The second-order valence-corrected chi connectivity index (χ2v) is 2.46. The predicted octanol–water partition coefficient (Wildman–Crippen LogP) is 1.63. The van der Waals surface area contributed by atoms with Crippen molar-refractivity contribution in [1.82, 2.24) is 0 Å².